The van der Waals surface area contributed by atoms with Gasteiger partial charge in [0.1, 0.15) is 0 Å². The number of benzene rings is 2. The van der Waals surface area contributed by atoms with Gasteiger partial charge in [-0.25, -0.2) is 0 Å². The number of rotatable bonds is 7. The molecular formula is C24H24Cl2N2O3. The molecule has 2 atom stereocenters. The summed E-state index contributed by atoms with van der Waals surface area (Å²) in [5.41, 5.74) is 1.55. The maximum absolute atomic E-state index is 12.6. The van der Waals surface area contributed by atoms with Crippen LogP contribution in [0.1, 0.15) is 47.2 Å². The number of hydrogen-bond donors (Lipinski definition) is 2. The minimum Gasteiger partial charge on any atom is -0.502 e. The number of halogens is 2. The molecule has 2 aromatic carbocycles. The minimum atomic E-state index is -0.607. The molecule has 3 rings (SSSR count). The number of hydrogen-bond acceptors (Lipinski definition) is 3. The van der Waals surface area contributed by atoms with E-state index in [1.54, 1.807) is 6.07 Å². The van der Waals surface area contributed by atoms with Crippen LogP contribution in [0.2, 0.25) is 10.0 Å². The summed E-state index contributed by atoms with van der Waals surface area (Å²) >= 11 is 12.3. The lowest BCUT2D eigenvalue weighted by Crippen LogP contribution is -2.34. The van der Waals surface area contributed by atoms with E-state index in [2.05, 4.69) is 17.4 Å². The van der Waals surface area contributed by atoms with Crippen LogP contribution < -0.4 is 10.9 Å². The summed E-state index contributed by atoms with van der Waals surface area (Å²) in [7, 11) is 1.51. The molecule has 0 saturated carbocycles. The van der Waals surface area contributed by atoms with E-state index in [-0.39, 0.29) is 17.5 Å². The number of nitrogens with zero attached hydrogens (tertiary/aromatic N) is 1. The Morgan fingerprint density at radius 2 is 1.74 bits per heavy atom. The van der Waals surface area contributed by atoms with E-state index in [9.17, 15) is 14.7 Å². The normalized spacial score (nSPS) is 12.9. The summed E-state index contributed by atoms with van der Waals surface area (Å²) in [6.45, 7) is 1.90. The highest BCUT2D eigenvalue weighted by molar-refractivity contribution is 6.42. The first-order valence-corrected chi connectivity index (χ1v) is 10.7. The van der Waals surface area contributed by atoms with Crippen molar-refractivity contribution >= 4 is 29.1 Å². The Hall–Kier alpha value is -2.76. The van der Waals surface area contributed by atoms with Crippen LogP contribution in [0.5, 0.6) is 5.75 Å². The largest absolute Gasteiger partial charge is 0.502 e. The molecule has 0 radical (unpaired) electrons. The second-order valence-corrected chi connectivity index (χ2v) is 8.40. The summed E-state index contributed by atoms with van der Waals surface area (Å²) in [5, 5.41) is 13.9. The van der Waals surface area contributed by atoms with Crippen molar-refractivity contribution < 1.29 is 9.90 Å². The Kier molecular flexibility index (Phi) is 7.42. The monoisotopic (exact) mass is 458 g/mol. The third-order valence-corrected chi connectivity index (χ3v) is 6.04. The minimum absolute atomic E-state index is 0.0287. The molecule has 2 N–H and O–H groups in total. The number of aromatic hydroxyl groups is 1. The van der Waals surface area contributed by atoms with E-state index < -0.39 is 17.2 Å². The number of carbonyl (C=O) groups is 1. The number of amides is 1. The van der Waals surface area contributed by atoms with Crippen LogP contribution in [-0.4, -0.2) is 21.6 Å². The number of aryl methyl sites for hydroxylation is 1. The van der Waals surface area contributed by atoms with Crippen LogP contribution in [0.25, 0.3) is 0 Å². The van der Waals surface area contributed by atoms with E-state index >= 15 is 0 Å². The van der Waals surface area contributed by atoms with Crippen molar-refractivity contribution in [2.45, 2.75) is 31.7 Å². The number of carbonyl (C=O) groups excluding carboxylic acids is 1. The van der Waals surface area contributed by atoms with Gasteiger partial charge in [0.15, 0.2) is 5.75 Å². The molecule has 0 aliphatic rings. The standard InChI is InChI=1S/C24H24Cl2N2O3/c1-15(27-23(30)19-12-13-28(2)24(31)22(19)29)8-10-18(16-6-4-3-5-7-16)17-9-11-20(25)21(26)14-17/h3-7,9,11-15,18,29H,8,10H2,1-2H3,(H,27,30)/t15-,18-/m1/s1. The Balaban J connectivity index is 1.74. The van der Waals surface area contributed by atoms with Crippen molar-refractivity contribution in [3.63, 3.8) is 0 Å². The maximum Gasteiger partial charge on any atom is 0.293 e. The van der Waals surface area contributed by atoms with Crippen molar-refractivity contribution in [3.8, 4) is 5.75 Å². The SMILES string of the molecule is C[C@H](CC[C@H](c1ccccc1)c1ccc(Cl)c(Cl)c1)NC(=O)c1ccn(C)c(=O)c1O. The van der Waals surface area contributed by atoms with Crippen LogP contribution in [0.4, 0.5) is 0 Å². The molecule has 7 heteroatoms. The van der Waals surface area contributed by atoms with Gasteiger partial charge in [0, 0.05) is 25.2 Å². The highest BCUT2D eigenvalue weighted by Crippen LogP contribution is 2.33. The van der Waals surface area contributed by atoms with Gasteiger partial charge in [0.2, 0.25) is 0 Å². The molecule has 3 aromatic rings. The second-order valence-electron chi connectivity index (χ2n) is 7.58. The average Bonchev–Trinajstić information content (AvgIpc) is 2.75. The van der Waals surface area contributed by atoms with Crippen molar-refractivity contribution in [1.82, 2.24) is 9.88 Å². The van der Waals surface area contributed by atoms with E-state index in [0.29, 0.717) is 16.5 Å². The summed E-state index contributed by atoms with van der Waals surface area (Å²) in [5.74, 6) is -0.950. The van der Waals surface area contributed by atoms with Gasteiger partial charge in [0.25, 0.3) is 11.5 Å². The molecule has 31 heavy (non-hydrogen) atoms. The van der Waals surface area contributed by atoms with Crippen LogP contribution in [-0.2, 0) is 7.05 Å². The van der Waals surface area contributed by atoms with E-state index in [4.69, 9.17) is 23.2 Å². The highest BCUT2D eigenvalue weighted by Gasteiger charge is 2.20. The van der Waals surface area contributed by atoms with Crippen LogP contribution in [0.3, 0.4) is 0 Å². The zero-order chi connectivity index (χ0) is 22.5. The lowest BCUT2D eigenvalue weighted by Gasteiger charge is -2.21. The van der Waals surface area contributed by atoms with Crippen molar-refractivity contribution in [1.29, 1.82) is 0 Å². The Morgan fingerprint density at radius 3 is 2.42 bits per heavy atom. The Morgan fingerprint density at radius 1 is 1.03 bits per heavy atom. The third kappa shape index (κ3) is 5.49. The second kappa shape index (κ2) is 10.0. The van der Waals surface area contributed by atoms with Crippen molar-refractivity contribution in [2.75, 3.05) is 0 Å². The first kappa shape index (κ1) is 22.9. The zero-order valence-electron chi connectivity index (χ0n) is 17.3. The zero-order valence-corrected chi connectivity index (χ0v) is 18.8. The van der Waals surface area contributed by atoms with Gasteiger partial charge in [-0.3, -0.25) is 9.59 Å². The molecule has 0 aliphatic carbocycles. The van der Waals surface area contributed by atoms with Gasteiger partial charge in [-0.15, -0.1) is 0 Å². The first-order chi connectivity index (χ1) is 14.8. The van der Waals surface area contributed by atoms with Crippen molar-refractivity contribution in [3.05, 3.63) is 97.9 Å². The molecule has 162 valence electrons. The molecule has 0 fully saturated rings. The molecule has 1 heterocycles. The Bertz CT molecular complexity index is 1130. The van der Waals surface area contributed by atoms with Crippen molar-refractivity contribution in [2.24, 2.45) is 7.05 Å². The van der Waals surface area contributed by atoms with Gasteiger partial charge >= 0.3 is 0 Å². The summed E-state index contributed by atoms with van der Waals surface area (Å²) in [4.78, 5) is 24.4. The van der Waals surface area contributed by atoms with Gasteiger partial charge in [-0.2, -0.15) is 0 Å². The van der Waals surface area contributed by atoms with Gasteiger partial charge < -0.3 is 15.0 Å². The van der Waals surface area contributed by atoms with E-state index in [1.807, 2.05) is 37.3 Å². The number of nitrogens with one attached hydrogen (secondary N) is 1. The third-order valence-electron chi connectivity index (χ3n) is 5.30. The molecule has 0 saturated heterocycles. The fourth-order valence-corrected chi connectivity index (χ4v) is 3.84. The quantitative estimate of drug-likeness (QED) is 0.515. The lowest BCUT2D eigenvalue weighted by molar-refractivity contribution is 0.0934. The predicted molar refractivity (Wildman–Crippen MR) is 124 cm³/mol. The van der Waals surface area contributed by atoms with Gasteiger partial charge in [0.05, 0.1) is 15.6 Å². The smallest absolute Gasteiger partial charge is 0.293 e. The average molecular weight is 459 g/mol. The molecule has 0 spiro atoms. The molecule has 0 aliphatic heterocycles. The maximum atomic E-state index is 12.6. The summed E-state index contributed by atoms with van der Waals surface area (Å²) in [6.07, 6.45) is 2.89. The molecule has 1 amide bonds. The lowest BCUT2D eigenvalue weighted by atomic mass is 9.86. The van der Waals surface area contributed by atoms with Gasteiger partial charge in [-0.1, -0.05) is 59.6 Å². The van der Waals surface area contributed by atoms with Crippen LogP contribution in [0, 0.1) is 0 Å². The fourth-order valence-electron chi connectivity index (χ4n) is 3.53. The number of pyridine rings is 1. The molecular weight excluding hydrogens is 435 g/mol. The molecule has 0 unspecified atom stereocenters. The summed E-state index contributed by atoms with van der Waals surface area (Å²) < 4.78 is 1.22. The number of aromatic nitrogens is 1. The first-order valence-electron chi connectivity index (χ1n) is 9.97. The topological polar surface area (TPSA) is 71.3 Å². The Labute approximate surface area is 191 Å². The van der Waals surface area contributed by atoms with E-state index in [0.717, 1.165) is 17.5 Å². The van der Waals surface area contributed by atoms with Crippen LogP contribution in [0.15, 0.2) is 65.6 Å². The molecule has 5 nitrogen and oxygen atoms in total. The summed E-state index contributed by atoms with van der Waals surface area (Å²) in [6, 6.07) is 17.0. The van der Waals surface area contributed by atoms with Crippen LogP contribution >= 0.6 is 23.2 Å². The molecule has 0 bridgehead atoms. The van der Waals surface area contributed by atoms with E-state index in [1.165, 1.54) is 23.9 Å². The fraction of sp³-hybridized carbons (Fsp3) is 0.250. The highest BCUT2D eigenvalue weighted by atomic mass is 35.5. The predicted octanol–water partition coefficient (Wildman–Crippen LogP) is 5.13. The molecule has 1 aromatic heterocycles. The van der Waals surface area contributed by atoms with Gasteiger partial charge in [-0.05, 0) is 49.1 Å².